The van der Waals surface area contributed by atoms with Crippen LogP contribution in [0.2, 0.25) is 0 Å². The zero-order chi connectivity index (χ0) is 22.9. The third-order valence-electron chi connectivity index (χ3n) is 5.88. The third kappa shape index (κ3) is 4.48. The van der Waals surface area contributed by atoms with E-state index in [1.807, 2.05) is 6.07 Å². The highest BCUT2D eigenvalue weighted by Crippen LogP contribution is 2.46. The van der Waals surface area contributed by atoms with Gasteiger partial charge in [-0.2, -0.15) is 10.1 Å². The Kier molecular flexibility index (Phi) is 5.37. The summed E-state index contributed by atoms with van der Waals surface area (Å²) in [7, 11) is 3.43. The zero-order valence-electron chi connectivity index (χ0n) is 18.5. The van der Waals surface area contributed by atoms with Gasteiger partial charge in [0.25, 0.3) is 5.89 Å². The summed E-state index contributed by atoms with van der Waals surface area (Å²) in [5.41, 5.74) is 9.64. The molecule has 1 unspecified atom stereocenters. The molecule has 0 aliphatic heterocycles. The molecule has 168 valence electrons. The van der Waals surface area contributed by atoms with Crippen LogP contribution in [0.1, 0.15) is 30.1 Å². The summed E-state index contributed by atoms with van der Waals surface area (Å²) in [6.45, 7) is 0.161. The van der Waals surface area contributed by atoms with Crippen molar-refractivity contribution in [2.75, 3.05) is 19.8 Å². The number of pyridine rings is 1. The molecule has 1 saturated carbocycles. The van der Waals surface area contributed by atoms with E-state index in [9.17, 15) is 4.79 Å². The van der Waals surface area contributed by atoms with Crippen molar-refractivity contribution in [1.29, 1.82) is 0 Å². The lowest BCUT2D eigenvalue weighted by molar-refractivity contribution is -0.129. The van der Waals surface area contributed by atoms with Crippen molar-refractivity contribution >= 4 is 11.7 Å². The van der Waals surface area contributed by atoms with Gasteiger partial charge in [0.2, 0.25) is 5.91 Å². The number of carbonyl (C=O) groups is 1. The third-order valence-corrected chi connectivity index (χ3v) is 5.88. The summed E-state index contributed by atoms with van der Waals surface area (Å²) in [5, 5.41) is 8.54. The minimum Gasteiger partial charge on any atom is -0.384 e. The van der Waals surface area contributed by atoms with Crippen LogP contribution in [0.5, 0.6) is 0 Å². The number of nitrogens with zero attached hydrogens (tertiary/aromatic N) is 6. The summed E-state index contributed by atoms with van der Waals surface area (Å²) in [4.78, 5) is 22.3. The Morgan fingerprint density at radius 2 is 1.88 bits per heavy atom. The van der Waals surface area contributed by atoms with Crippen molar-refractivity contribution in [1.82, 2.24) is 29.8 Å². The molecule has 1 aliphatic carbocycles. The van der Waals surface area contributed by atoms with E-state index < -0.39 is 0 Å². The number of benzene rings is 1. The molecule has 1 atom stereocenters. The van der Waals surface area contributed by atoms with Crippen molar-refractivity contribution in [3.05, 3.63) is 66.4 Å². The fourth-order valence-electron chi connectivity index (χ4n) is 3.84. The number of nitrogen functional groups attached to an aromatic ring is 1. The van der Waals surface area contributed by atoms with E-state index in [1.54, 1.807) is 43.4 Å². The van der Waals surface area contributed by atoms with Crippen molar-refractivity contribution in [3.63, 3.8) is 0 Å². The Morgan fingerprint density at radius 1 is 1.12 bits per heavy atom. The van der Waals surface area contributed by atoms with Crippen LogP contribution in [0.25, 0.3) is 22.6 Å². The van der Waals surface area contributed by atoms with E-state index in [1.165, 1.54) is 4.90 Å². The number of likely N-dealkylation sites (N-methyl/N-ethyl adjacent to an activating group) is 1. The Labute approximate surface area is 191 Å². The Bertz CT molecular complexity index is 1250. The molecule has 0 bridgehead atoms. The molecule has 2 N–H and O–H groups in total. The first kappa shape index (κ1) is 20.9. The minimum absolute atomic E-state index is 0.0390. The lowest BCUT2D eigenvalue weighted by Gasteiger charge is -2.13. The van der Waals surface area contributed by atoms with Crippen LogP contribution >= 0.6 is 0 Å². The number of aromatic nitrogens is 5. The van der Waals surface area contributed by atoms with Gasteiger partial charge in [0.15, 0.2) is 5.82 Å². The van der Waals surface area contributed by atoms with E-state index in [0.29, 0.717) is 29.0 Å². The Morgan fingerprint density at radius 3 is 2.55 bits per heavy atom. The van der Waals surface area contributed by atoms with Gasteiger partial charge in [0, 0.05) is 32.1 Å². The SMILES string of the molecule is CN(C)C(=O)Cn1cc(-c2nc(C(c3ccc(-c4ccc(N)nc4)cc3)C3CC3)no2)cn1. The largest absolute Gasteiger partial charge is 0.384 e. The second-order valence-electron chi connectivity index (χ2n) is 8.58. The average Bonchev–Trinajstić information content (AvgIpc) is 3.33. The molecule has 1 fully saturated rings. The fourth-order valence-corrected chi connectivity index (χ4v) is 3.84. The topological polar surface area (TPSA) is 116 Å². The van der Waals surface area contributed by atoms with Gasteiger partial charge in [0.05, 0.1) is 17.7 Å². The molecule has 9 heteroatoms. The van der Waals surface area contributed by atoms with Gasteiger partial charge in [-0.3, -0.25) is 9.48 Å². The Hall–Kier alpha value is -4.01. The van der Waals surface area contributed by atoms with E-state index >= 15 is 0 Å². The lowest BCUT2D eigenvalue weighted by atomic mass is 9.92. The van der Waals surface area contributed by atoms with Crippen LogP contribution < -0.4 is 5.73 Å². The normalized spacial score (nSPS) is 14.2. The summed E-state index contributed by atoms with van der Waals surface area (Å²) in [5.74, 6) is 2.12. The van der Waals surface area contributed by atoms with Gasteiger partial charge < -0.3 is 15.2 Å². The molecule has 3 heterocycles. The predicted octanol–water partition coefficient (Wildman–Crippen LogP) is 3.21. The van der Waals surface area contributed by atoms with Crippen LogP contribution in [0.15, 0.2) is 59.5 Å². The molecular weight excluding hydrogens is 418 g/mol. The first-order valence-electron chi connectivity index (χ1n) is 10.9. The van der Waals surface area contributed by atoms with E-state index in [2.05, 4.69) is 44.5 Å². The summed E-state index contributed by atoms with van der Waals surface area (Å²) in [6.07, 6.45) is 7.45. The first-order chi connectivity index (χ1) is 16.0. The highest BCUT2D eigenvalue weighted by molar-refractivity contribution is 5.75. The van der Waals surface area contributed by atoms with E-state index in [-0.39, 0.29) is 18.4 Å². The van der Waals surface area contributed by atoms with Crippen LogP contribution in [0, 0.1) is 5.92 Å². The van der Waals surface area contributed by atoms with Gasteiger partial charge >= 0.3 is 0 Å². The highest BCUT2D eigenvalue weighted by atomic mass is 16.5. The van der Waals surface area contributed by atoms with E-state index in [4.69, 9.17) is 10.3 Å². The predicted molar refractivity (Wildman–Crippen MR) is 123 cm³/mol. The van der Waals surface area contributed by atoms with Crippen LogP contribution in [0.3, 0.4) is 0 Å². The molecule has 33 heavy (non-hydrogen) atoms. The molecule has 3 aromatic heterocycles. The average molecular weight is 444 g/mol. The molecule has 0 spiro atoms. The monoisotopic (exact) mass is 443 g/mol. The number of rotatable bonds is 7. The first-order valence-corrected chi connectivity index (χ1v) is 10.9. The standard InChI is InChI=1S/C24H25N7O2/c1-30(2)21(32)14-31-13-19(12-27-31)24-28-23(29-33-24)22(17-7-8-17)16-5-3-15(4-6-16)18-9-10-20(25)26-11-18/h3-6,9-13,17,22H,7-8,14H2,1-2H3,(H2,25,26). The van der Waals surface area contributed by atoms with Gasteiger partial charge in [-0.1, -0.05) is 29.4 Å². The minimum atomic E-state index is -0.0390. The molecule has 5 rings (SSSR count). The maximum Gasteiger partial charge on any atom is 0.261 e. The van der Waals surface area contributed by atoms with Crippen molar-refractivity contribution in [3.8, 4) is 22.6 Å². The second-order valence-corrected chi connectivity index (χ2v) is 8.58. The van der Waals surface area contributed by atoms with E-state index in [0.717, 1.165) is 29.5 Å². The molecule has 0 radical (unpaired) electrons. The van der Waals surface area contributed by atoms with Gasteiger partial charge in [-0.15, -0.1) is 0 Å². The number of hydrogen-bond acceptors (Lipinski definition) is 7. The second kappa shape index (κ2) is 8.50. The van der Waals surface area contributed by atoms with Crippen LogP contribution in [0.4, 0.5) is 5.82 Å². The van der Waals surface area contributed by atoms with Crippen LogP contribution in [-0.4, -0.2) is 49.8 Å². The summed E-state index contributed by atoms with van der Waals surface area (Å²) < 4.78 is 7.15. The molecule has 1 amide bonds. The summed E-state index contributed by atoms with van der Waals surface area (Å²) in [6, 6.07) is 12.2. The zero-order valence-corrected chi connectivity index (χ0v) is 18.5. The maximum atomic E-state index is 11.9. The van der Waals surface area contributed by atoms with Crippen LogP contribution in [-0.2, 0) is 11.3 Å². The van der Waals surface area contributed by atoms with Gasteiger partial charge in [0.1, 0.15) is 12.4 Å². The molecule has 1 aromatic carbocycles. The number of hydrogen-bond donors (Lipinski definition) is 1. The summed E-state index contributed by atoms with van der Waals surface area (Å²) >= 11 is 0. The van der Waals surface area contributed by atoms with Gasteiger partial charge in [-0.25, -0.2) is 4.98 Å². The Balaban J connectivity index is 1.36. The lowest BCUT2D eigenvalue weighted by Crippen LogP contribution is -2.26. The number of carbonyl (C=O) groups excluding carboxylic acids is 1. The maximum absolute atomic E-state index is 11.9. The molecule has 4 aromatic rings. The number of amides is 1. The van der Waals surface area contributed by atoms with Crippen molar-refractivity contribution < 1.29 is 9.32 Å². The van der Waals surface area contributed by atoms with Crippen molar-refractivity contribution in [2.45, 2.75) is 25.3 Å². The molecular formula is C24H25N7O2. The highest BCUT2D eigenvalue weighted by Gasteiger charge is 2.36. The molecule has 1 aliphatic rings. The molecule has 9 nitrogen and oxygen atoms in total. The van der Waals surface area contributed by atoms with Crippen molar-refractivity contribution in [2.24, 2.45) is 5.92 Å². The smallest absolute Gasteiger partial charge is 0.261 e. The molecule has 0 saturated heterocycles. The van der Waals surface area contributed by atoms with Gasteiger partial charge in [-0.05, 0) is 42.0 Å². The quantitative estimate of drug-likeness (QED) is 0.466. The number of nitrogens with two attached hydrogens (primary N) is 1. The number of anilines is 1. The fraction of sp³-hybridized carbons (Fsp3) is 0.292.